The number of likely N-dealkylation sites (N-methyl/N-ethyl adjacent to an activating group) is 1. The molecule has 22 heavy (non-hydrogen) atoms. The van der Waals surface area contributed by atoms with Crippen molar-refractivity contribution in [3.05, 3.63) is 36.0 Å². The molecule has 0 bridgehead atoms. The summed E-state index contributed by atoms with van der Waals surface area (Å²) in [6.07, 6.45) is 2.96. The van der Waals surface area contributed by atoms with E-state index in [4.69, 9.17) is 0 Å². The third-order valence-electron chi connectivity index (χ3n) is 4.62. The van der Waals surface area contributed by atoms with Gasteiger partial charge >= 0.3 is 0 Å². The minimum Gasteiger partial charge on any atom is -0.399 e. The van der Waals surface area contributed by atoms with Crippen LogP contribution < -0.4 is 5.32 Å². The zero-order valence-electron chi connectivity index (χ0n) is 14.1. The van der Waals surface area contributed by atoms with Crippen molar-refractivity contribution < 1.29 is 4.79 Å². The van der Waals surface area contributed by atoms with E-state index in [0.29, 0.717) is 0 Å². The summed E-state index contributed by atoms with van der Waals surface area (Å²) in [5.41, 5.74) is 2.47. The SMILES string of the molecule is Bn1cc(CC2NC(C(C)(C)C)N(C)C2=O)c2ccccc21. The fourth-order valence-corrected chi connectivity index (χ4v) is 3.53. The van der Waals surface area contributed by atoms with Crippen LogP contribution in [0.15, 0.2) is 30.5 Å². The largest absolute Gasteiger partial charge is 0.399 e. The molecule has 4 nitrogen and oxygen atoms in total. The summed E-state index contributed by atoms with van der Waals surface area (Å²) in [6, 6.07) is 8.22. The molecule has 1 aromatic carbocycles. The molecule has 0 aliphatic carbocycles. The standard InChI is InChI=1S/C17H24BN3O/c1-17(2,3)16-19-13(15(22)20(16)4)9-11-10-21(18)14-8-6-5-7-12(11)14/h5-8,10,13,16,19H,9,18H2,1-4H3. The summed E-state index contributed by atoms with van der Waals surface area (Å²) in [7, 11) is 3.95. The van der Waals surface area contributed by atoms with Crippen LogP contribution in [0, 0.1) is 5.41 Å². The van der Waals surface area contributed by atoms with Gasteiger partial charge in [0.1, 0.15) is 0 Å². The second-order valence-electron chi connectivity index (χ2n) is 7.42. The smallest absolute Gasteiger partial charge is 0.241 e. The van der Waals surface area contributed by atoms with Crippen molar-refractivity contribution in [3.8, 4) is 0 Å². The first kappa shape index (κ1) is 15.2. The topological polar surface area (TPSA) is 37.3 Å². The molecule has 116 valence electrons. The highest BCUT2D eigenvalue weighted by atomic mass is 16.2. The van der Waals surface area contributed by atoms with E-state index >= 15 is 0 Å². The summed E-state index contributed by atoms with van der Waals surface area (Å²) in [4.78, 5) is 14.4. The van der Waals surface area contributed by atoms with Gasteiger partial charge in [-0.3, -0.25) is 10.1 Å². The van der Waals surface area contributed by atoms with E-state index in [9.17, 15) is 4.79 Å². The lowest BCUT2D eigenvalue weighted by molar-refractivity contribution is -0.129. The Kier molecular flexibility index (Phi) is 3.56. The number of fused-ring (bicyclic) bond motifs is 1. The maximum atomic E-state index is 12.6. The van der Waals surface area contributed by atoms with E-state index in [2.05, 4.69) is 69.0 Å². The number of carbonyl (C=O) groups is 1. The molecule has 1 amide bonds. The Morgan fingerprint density at radius 2 is 1.95 bits per heavy atom. The monoisotopic (exact) mass is 297 g/mol. The first-order valence-corrected chi connectivity index (χ1v) is 7.84. The van der Waals surface area contributed by atoms with E-state index in [0.717, 1.165) is 6.42 Å². The Hall–Kier alpha value is -1.75. The van der Waals surface area contributed by atoms with Gasteiger partial charge in [0.25, 0.3) is 0 Å². The maximum Gasteiger partial charge on any atom is 0.241 e. The average Bonchev–Trinajstić information content (AvgIpc) is 2.92. The Bertz CT molecular complexity index is 716. The minimum absolute atomic E-state index is 0.0257. The Morgan fingerprint density at radius 3 is 2.59 bits per heavy atom. The molecule has 1 aliphatic rings. The molecule has 0 spiro atoms. The number of para-hydroxylation sites is 1. The summed E-state index contributed by atoms with van der Waals surface area (Å²) >= 11 is 0. The normalized spacial score (nSPS) is 22.7. The fourth-order valence-electron chi connectivity index (χ4n) is 3.53. The lowest BCUT2D eigenvalue weighted by Gasteiger charge is -2.32. The number of hydrogen-bond acceptors (Lipinski definition) is 2. The van der Waals surface area contributed by atoms with Gasteiger partial charge in [-0.25, -0.2) is 0 Å². The van der Waals surface area contributed by atoms with Crippen molar-refractivity contribution in [1.82, 2.24) is 14.7 Å². The van der Waals surface area contributed by atoms with Gasteiger partial charge < -0.3 is 9.38 Å². The molecule has 2 heterocycles. The second-order valence-corrected chi connectivity index (χ2v) is 7.42. The van der Waals surface area contributed by atoms with Gasteiger partial charge in [0.2, 0.25) is 13.9 Å². The van der Waals surface area contributed by atoms with Gasteiger partial charge in [0.15, 0.2) is 0 Å². The number of amides is 1. The molecular weight excluding hydrogens is 273 g/mol. The zero-order valence-corrected chi connectivity index (χ0v) is 14.1. The van der Waals surface area contributed by atoms with Crippen LogP contribution in [-0.2, 0) is 11.2 Å². The Balaban J connectivity index is 1.88. The minimum atomic E-state index is -0.139. The van der Waals surface area contributed by atoms with Crippen molar-refractivity contribution in [3.63, 3.8) is 0 Å². The number of hydrogen-bond donors (Lipinski definition) is 1. The number of nitrogens with zero attached hydrogens (tertiary/aromatic N) is 2. The molecule has 1 aromatic heterocycles. The summed E-state index contributed by atoms with van der Waals surface area (Å²) < 4.78 is 2.13. The number of carbonyl (C=O) groups excluding carboxylic acids is 1. The van der Waals surface area contributed by atoms with Crippen LogP contribution in [0.1, 0.15) is 26.3 Å². The molecule has 1 saturated heterocycles. The van der Waals surface area contributed by atoms with E-state index < -0.39 is 0 Å². The maximum absolute atomic E-state index is 12.6. The highest BCUT2D eigenvalue weighted by molar-refractivity contribution is 6.12. The van der Waals surface area contributed by atoms with Crippen LogP contribution in [-0.4, -0.2) is 42.5 Å². The summed E-state index contributed by atoms with van der Waals surface area (Å²) in [5, 5.41) is 4.76. The molecule has 1 fully saturated rings. The van der Waals surface area contributed by atoms with Crippen molar-refractivity contribution in [2.45, 2.75) is 39.4 Å². The van der Waals surface area contributed by atoms with Gasteiger partial charge in [-0.1, -0.05) is 39.0 Å². The third-order valence-corrected chi connectivity index (χ3v) is 4.62. The number of benzene rings is 1. The molecule has 2 atom stereocenters. The Labute approximate surface area is 132 Å². The van der Waals surface area contributed by atoms with Gasteiger partial charge in [0, 0.05) is 18.0 Å². The van der Waals surface area contributed by atoms with Gasteiger partial charge in [-0.05, 0) is 29.7 Å². The number of aromatic nitrogens is 1. The molecule has 2 unspecified atom stereocenters. The molecule has 0 saturated carbocycles. The van der Waals surface area contributed by atoms with E-state index in [-0.39, 0.29) is 23.5 Å². The van der Waals surface area contributed by atoms with Crippen LogP contribution in [0.25, 0.3) is 10.9 Å². The molecule has 2 aromatic rings. The zero-order chi connectivity index (χ0) is 16.1. The molecule has 1 N–H and O–H groups in total. The van der Waals surface area contributed by atoms with Gasteiger partial charge in [-0.2, -0.15) is 0 Å². The van der Waals surface area contributed by atoms with Crippen molar-refractivity contribution >= 4 is 24.8 Å². The molecule has 5 heteroatoms. The quantitative estimate of drug-likeness (QED) is 0.850. The number of nitrogens with one attached hydrogen (secondary N) is 1. The van der Waals surface area contributed by atoms with Crippen molar-refractivity contribution in [1.29, 1.82) is 0 Å². The predicted molar refractivity (Wildman–Crippen MR) is 92.5 cm³/mol. The van der Waals surface area contributed by atoms with Crippen LogP contribution in [0.4, 0.5) is 0 Å². The third kappa shape index (κ3) is 2.43. The average molecular weight is 297 g/mol. The van der Waals surface area contributed by atoms with Gasteiger partial charge in [0.05, 0.1) is 12.2 Å². The molecular formula is C17H24BN3O. The lowest BCUT2D eigenvalue weighted by atomic mass is 9.92. The highest BCUT2D eigenvalue weighted by Crippen LogP contribution is 2.29. The first-order chi connectivity index (χ1) is 10.3. The molecule has 0 radical (unpaired) electrons. The fraction of sp³-hybridized carbons (Fsp3) is 0.471. The van der Waals surface area contributed by atoms with Crippen molar-refractivity contribution in [2.24, 2.45) is 5.41 Å². The molecule has 1 aliphatic heterocycles. The number of rotatable bonds is 2. The van der Waals surface area contributed by atoms with Crippen molar-refractivity contribution in [2.75, 3.05) is 7.05 Å². The lowest BCUT2D eigenvalue weighted by Crippen LogP contribution is -2.45. The van der Waals surface area contributed by atoms with Crippen LogP contribution in [0.3, 0.4) is 0 Å². The predicted octanol–water partition coefficient (Wildman–Crippen LogP) is 1.38. The van der Waals surface area contributed by atoms with Crippen LogP contribution >= 0.6 is 0 Å². The van der Waals surface area contributed by atoms with E-state index in [1.807, 2.05) is 11.9 Å². The summed E-state index contributed by atoms with van der Waals surface area (Å²) in [5.74, 6) is 0.188. The second kappa shape index (κ2) is 5.16. The van der Waals surface area contributed by atoms with Gasteiger partial charge in [-0.15, -0.1) is 0 Å². The molecule has 3 rings (SSSR count). The highest BCUT2D eigenvalue weighted by Gasteiger charge is 2.42. The van der Waals surface area contributed by atoms with E-state index in [1.165, 1.54) is 16.5 Å². The van der Waals surface area contributed by atoms with Crippen LogP contribution in [0.5, 0.6) is 0 Å². The first-order valence-electron chi connectivity index (χ1n) is 7.84. The van der Waals surface area contributed by atoms with E-state index in [1.54, 1.807) is 0 Å². The Morgan fingerprint density at radius 1 is 1.27 bits per heavy atom. The summed E-state index contributed by atoms with van der Waals surface area (Å²) in [6.45, 7) is 6.48. The van der Waals surface area contributed by atoms with Crippen LogP contribution in [0.2, 0.25) is 0 Å².